The molecular weight excluding hydrogens is 332 g/mol. The van der Waals surface area contributed by atoms with Crippen molar-refractivity contribution in [3.05, 3.63) is 28.2 Å². The van der Waals surface area contributed by atoms with Crippen molar-refractivity contribution < 1.29 is 9.59 Å². The van der Waals surface area contributed by atoms with Gasteiger partial charge in [-0.3, -0.25) is 9.59 Å². The Kier molecular flexibility index (Phi) is 4.42. The van der Waals surface area contributed by atoms with Crippen LogP contribution in [0.25, 0.3) is 0 Å². The van der Waals surface area contributed by atoms with Gasteiger partial charge in [0.15, 0.2) is 0 Å². The van der Waals surface area contributed by atoms with Gasteiger partial charge >= 0.3 is 0 Å². The first-order valence-electron chi connectivity index (χ1n) is 7.06. The number of aryl methyl sites for hydroxylation is 1. The minimum atomic E-state index is -0.261. The summed E-state index contributed by atoms with van der Waals surface area (Å²) in [6.07, 6.45) is 0.628. The largest absolute Gasteiger partial charge is 0.351 e. The van der Waals surface area contributed by atoms with E-state index in [1.165, 1.54) is 0 Å². The zero-order valence-electron chi connectivity index (χ0n) is 12.8. The maximum absolute atomic E-state index is 12.2. The van der Waals surface area contributed by atoms with E-state index in [-0.39, 0.29) is 29.2 Å². The summed E-state index contributed by atoms with van der Waals surface area (Å²) in [5, 5.41) is 5.83. The number of hydrogen-bond donors (Lipinski definition) is 2. The molecule has 1 aliphatic carbocycles. The summed E-state index contributed by atoms with van der Waals surface area (Å²) < 4.78 is 0.979. The summed E-state index contributed by atoms with van der Waals surface area (Å²) in [5.74, 6) is -0.514. The SMILES string of the molecule is Cc1cc(Br)ccc1NC(=O)C1CC1C(=O)NC(C)(C)C. The molecule has 0 spiro atoms. The number of halogens is 1. The molecule has 4 nitrogen and oxygen atoms in total. The van der Waals surface area contributed by atoms with Gasteiger partial charge in [-0.1, -0.05) is 15.9 Å². The van der Waals surface area contributed by atoms with Crippen molar-refractivity contribution in [1.29, 1.82) is 0 Å². The van der Waals surface area contributed by atoms with Crippen LogP contribution in [-0.2, 0) is 9.59 Å². The molecule has 0 saturated heterocycles. The van der Waals surface area contributed by atoms with Crippen molar-refractivity contribution in [3.63, 3.8) is 0 Å². The highest BCUT2D eigenvalue weighted by Crippen LogP contribution is 2.40. The summed E-state index contributed by atoms with van der Waals surface area (Å²) in [4.78, 5) is 24.2. The van der Waals surface area contributed by atoms with Crippen molar-refractivity contribution in [3.8, 4) is 0 Å². The maximum Gasteiger partial charge on any atom is 0.228 e. The highest BCUT2D eigenvalue weighted by molar-refractivity contribution is 9.10. The Bertz CT molecular complexity index is 578. The molecule has 0 bridgehead atoms. The van der Waals surface area contributed by atoms with E-state index < -0.39 is 0 Å². The smallest absolute Gasteiger partial charge is 0.228 e. The molecule has 0 aliphatic heterocycles. The first-order chi connectivity index (χ1) is 9.67. The van der Waals surface area contributed by atoms with Crippen molar-refractivity contribution in [1.82, 2.24) is 5.32 Å². The summed E-state index contributed by atoms with van der Waals surface area (Å²) in [6.45, 7) is 7.76. The third kappa shape index (κ3) is 4.30. The van der Waals surface area contributed by atoms with Crippen molar-refractivity contribution in [2.24, 2.45) is 11.8 Å². The first kappa shape index (κ1) is 16.0. The highest BCUT2D eigenvalue weighted by atomic mass is 79.9. The van der Waals surface area contributed by atoms with E-state index in [1.54, 1.807) is 0 Å². The van der Waals surface area contributed by atoms with Crippen molar-refractivity contribution in [2.75, 3.05) is 5.32 Å². The van der Waals surface area contributed by atoms with Crippen molar-refractivity contribution >= 4 is 33.4 Å². The standard InChI is InChI=1S/C16H21BrN2O2/c1-9-7-10(17)5-6-13(9)18-14(20)11-8-12(11)15(21)19-16(2,3)4/h5-7,11-12H,8H2,1-4H3,(H,18,20)(H,19,21). The number of hydrogen-bond acceptors (Lipinski definition) is 2. The Morgan fingerprint density at radius 2 is 1.81 bits per heavy atom. The molecule has 2 N–H and O–H groups in total. The van der Waals surface area contributed by atoms with E-state index >= 15 is 0 Å². The molecule has 21 heavy (non-hydrogen) atoms. The number of carbonyl (C=O) groups is 2. The van der Waals surface area contributed by atoms with E-state index in [4.69, 9.17) is 0 Å². The normalized spacial score (nSPS) is 20.8. The Balaban J connectivity index is 1.93. The minimum Gasteiger partial charge on any atom is -0.351 e. The lowest BCUT2D eigenvalue weighted by Crippen LogP contribution is -2.42. The fourth-order valence-corrected chi connectivity index (χ4v) is 2.71. The summed E-state index contributed by atoms with van der Waals surface area (Å²) >= 11 is 3.39. The summed E-state index contributed by atoms with van der Waals surface area (Å²) in [5.41, 5.74) is 1.53. The van der Waals surface area contributed by atoms with Crippen molar-refractivity contribution in [2.45, 2.75) is 39.7 Å². The topological polar surface area (TPSA) is 58.2 Å². The van der Waals surface area contributed by atoms with Gasteiger partial charge in [0.1, 0.15) is 0 Å². The fraction of sp³-hybridized carbons (Fsp3) is 0.500. The number of carbonyl (C=O) groups excluding carboxylic acids is 2. The summed E-state index contributed by atoms with van der Waals surface area (Å²) in [6, 6.07) is 5.70. The van der Waals surface area contributed by atoms with Gasteiger partial charge in [0, 0.05) is 15.7 Å². The van der Waals surface area contributed by atoms with Gasteiger partial charge in [-0.25, -0.2) is 0 Å². The van der Waals surface area contributed by atoms with Gasteiger partial charge in [-0.15, -0.1) is 0 Å². The van der Waals surface area contributed by atoms with E-state index in [9.17, 15) is 9.59 Å². The van der Waals surface area contributed by atoms with Gasteiger partial charge in [-0.05, 0) is 57.9 Å². The van der Waals surface area contributed by atoms with E-state index in [0.29, 0.717) is 6.42 Å². The molecule has 1 saturated carbocycles. The van der Waals surface area contributed by atoms with E-state index in [2.05, 4.69) is 26.6 Å². The third-order valence-electron chi connectivity index (χ3n) is 3.41. The first-order valence-corrected chi connectivity index (χ1v) is 7.86. The van der Waals surface area contributed by atoms with Crippen LogP contribution in [0.2, 0.25) is 0 Å². The molecule has 1 fully saturated rings. The average molecular weight is 353 g/mol. The molecule has 1 aromatic carbocycles. The minimum absolute atomic E-state index is 0.0322. The molecule has 1 aromatic rings. The average Bonchev–Trinajstić information content (AvgIpc) is 3.10. The Labute approximate surface area is 133 Å². The molecule has 1 aliphatic rings. The molecule has 2 rings (SSSR count). The number of nitrogens with one attached hydrogen (secondary N) is 2. The zero-order chi connectivity index (χ0) is 15.8. The van der Waals surface area contributed by atoms with Crippen LogP contribution in [0.3, 0.4) is 0 Å². The molecular formula is C16H21BrN2O2. The summed E-state index contributed by atoms with van der Waals surface area (Å²) in [7, 11) is 0. The lowest BCUT2D eigenvalue weighted by Gasteiger charge is -2.20. The Hall–Kier alpha value is -1.36. The van der Waals surface area contributed by atoms with Crippen LogP contribution in [-0.4, -0.2) is 17.4 Å². The second-order valence-electron chi connectivity index (χ2n) is 6.64. The van der Waals surface area contributed by atoms with Crippen LogP contribution in [0, 0.1) is 18.8 Å². The highest BCUT2D eigenvalue weighted by Gasteiger charge is 2.48. The van der Waals surface area contributed by atoms with Gasteiger partial charge in [0.05, 0.1) is 11.8 Å². The van der Waals surface area contributed by atoms with Crippen LogP contribution in [0.1, 0.15) is 32.8 Å². The van der Waals surface area contributed by atoms with E-state index in [1.807, 2.05) is 45.9 Å². The predicted molar refractivity (Wildman–Crippen MR) is 87.0 cm³/mol. The van der Waals surface area contributed by atoms with Crippen LogP contribution < -0.4 is 10.6 Å². The van der Waals surface area contributed by atoms with Gasteiger partial charge < -0.3 is 10.6 Å². The molecule has 0 radical (unpaired) electrons. The van der Waals surface area contributed by atoms with Crippen LogP contribution >= 0.6 is 15.9 Å². The second-order valence-corrected chi connectivity index (χ2v) is 7.55. The lowest BCUT2D eigenvalue weighted by atomic mass is 10.1. The monoisotopic (exact) mass is 352 g/mol. The van der Waals surface area contributed by atoms with Crippen LogP contribution in [0.15, 0.2) is 22.7 Å². The molecule has 2 amide bonds. The lowest BCUT2D eigenvalue weighted by molar-refractivity contribution is -0.126. The Morgan fingerprint density at radius 1 is 1.19 bits per heavy atom. The zero-order valence-corrected chi connectivity index (χ0v) is 14.4. The van der Waals surface area contributed by atoms with Crippen LogP contribution in [0.4, 0.5) is 5.69 Å². The molecule has 5 heteroatoms. The second kappa shape index (κ2) is 5.79. The molecule has 0 heterocycles. The van der Waals surface area contributed by atoms with Crippen LogP contribution in [0.5, 0.6) is 0 Å². The van der Waals surface area contributed by atoms with Gasteiger partial charge in [0.25, 0.3) is 0 Å². The number of anilines is 1. The number of amides is 2. The molecule has 2 unspecified atom stereocenters. The maximum atomic E-state index is 12.2. The predicted octanol–water partition coefficient (Wildman–Crippen LogP) is 3.25. The number of rotatable bonds is 3. The van der Waals surface area contributed by atoms with E-state index in [0.717, 1.165) is 15.7 Å². The van der Waals surface area contributed by atoms with Gasteiger partial charge in [0.2, 0.25) is 11.8 Å². The molecule has 0 aromatic heterocycles. The third-order valence-corrected chi connectivity index (χ3v) is 3.90. The quantitative estimate of drug-likeness (QED) is 0.877. The van der Waals surface area contributed by atoms with Gasteiger partial charge in [-0.2, -0.15) is 0 Å². The number of benzene rings is 1. The molecule has 114 valence electrons. The molecule has 2 atom stereocenters. The fourth-order valence-electron chi connectivity index (χ4n) is 2.23. The Morgan fingerprint density at radius 3 is 2.38 bits per heavy atom.